The Morgan fingerprint density at radius 2 is 2.00 bits per heavy atom. The van der Waals surface area contributed by atoms with Crippen LogP contribution in [0.3, 0.4) is 0 Å². The van der Waals surface area contributed by atoms with E-state index in [4.69, 9.17) is 21.7 Å². The lowest BCUT2D eigenvalue weighted by molar-refractivity contribution is -0.311. The maximum absolute atomic E-state index is 12.7. The molecule has 27 heavy (non-hydrogen) atoms. The number of hydrogen-bond donors (Lipinski definition) is 0. The standard InChI is InChI=1S/C17H17NO7S2/c1-24-10-4-3-9(12(8-10)25-2)7-13-15(21)18(17(26)27-13)11(16(22)23)5-6-14(19)20/h3-4,7-8,11H,5-6H2,1-2H3,(H,19,20)(H,22,23)/p-2/b13-7-/t11-/m0/s1. The molecule has 1 fully saturated rings. The largest absolute Gasteiger partial charge is 0.550 e. The molecule has 0 N–H and O–H groups in total. The van der Waals surface area contributed by atoms with E-state index in [0.29, 0.717) is 17.1 Å². The van der Waals surface area contributed by atoms with Crippen molar-refractivity contribution in [3.8, 4) is 11.5 Å². The molecule has 1 aromatic carbocycles. The van der Waals surface area contributed by atoms with E-state index in [1.54, 1.807) is 18.2 Å². The lowest BCUT2D eigenvalue weighted by atomic mass is 10.1. The number of hydrogen-bond acceptors (Lipinski definition) is 9. The Bertz CT molecular complexity index is 821. The zero-order valence-corrected chi connectivity index (χ0v) is 16.1. The average molecular weight is 409 g/mol. The minimum atomic E-state index is -1.59. The second-order valence-corrected chi connectivity index (χ2v) is 7.08. The lowest BCUT2D eigenvalue weighted by Gasteiger charge is -2.27. The van der Waals surface area contributed by atoms with Crippen LogP contribution in [-0.4, -0.2) is 47.3 Å². The summed E-state index contributed by atoms with van der Waals surface area (Å²) in [5, 5.41) is 22.0. The van der Waals surface area contributed by atoms with Crippen molar-refractivity contribution in [2.24, 2.45) is 0 Å². The minimum Gasteiger partial charge on any atom is -0.550 e. The van der Waals surface area contributed by atoms with E-state index in [2.05, 4.69) is 0 Å². The van der Waals surface area contributed by atoms with E-state index in [-0.39, 0.29) is 15.6 Å². The van der Waals surface area contributed by atoms with Crippen LogP contribution in [0.1, 0.15) is 18.4 Å². The summed E-state index contributed by atoms with van der Waals surface area (Å²) in [5.41, 5.74) is 0.568. The van der Waals surface area contributed by atoms with Crippen LogP contribution in [0, 0.1) is 0 Å². The van der Waals surface area contributed by atoms with Gasteiger partial charge in [0.05, 0.1) is 31.1 Å². The van der Waals surface area contributed by atoms with Gasteiger partial charge in [-0.25, -0.2) is 0 Å². The zero-order valence-electron chi connectivity index (χ0n) is 14.4. The molecule has 2 rings (SSSR count). The number of nitrogens with zero attached hydrogens (tertiary/aromatic N) is 1. The summed E-state index contributed by atoms with van der Waals surface area (Å²) in [6.07, 6.45) is 0.611. The van der Waals surface area contributed by atoms with Crippen molar-refractivity contribution in [2.45, 2.75) is 18.9 Å². The maximum Gasteiger partial charge on any atom is 0.266 e. The topological polar surface area (TPSA) is 119 Å². The molecule has 1 aromatic rings. The molecule has 0 spiro atoms. The van der Waals surface area contributed by atoms with Gasteiger partial charge < -0.3 is 29.3 Å². The first kappa shape index (κ1) is 20.7. The third-order valence-corrected chi connectivity index (χ3v) is 5.09. The second-order valence-electron chi connectivity index (χ2n) is 5.41. The first-order valence-corrected chi connectivity index (χ1v) is 8.90. The first-order chi connectivity index (χ1) is 12.8. The number of carbonyl (C=O) groups is 3. The molecule has 1 aliphatic heterocycles. The van der Waals surface area contributed by atoms with Gasteiger partial charge in [0.15, 0.2) is 0 Å². The van der Waals surface area contributed by atoms with Gasteiger partial charge in [-0.15, -0.1) is 0 Å². The molecule has 1 amide bonds. The Morgan fingerprint density at radius 3 is 2.56 bits per heavy atom. The van der Waals surface area contributed by atoms with Crippen LogP contribution >= 0.6 is 24.0 Å². The molecule has 0 unspecified atom stereocenters. The molecule has 1 aliphatic rings. The quantitative estimate of drug-likeness (QED) is 0.415. The Balaban J connectivity index is 2.33. The lowest BCUT2D eigenvalue weighted by Crippen LogP contribution is -2.50. The van der Waals surface area contributed by atoms with E-state index < -0.39 is 30.3 Å². The van der Waals surface area contributed by atoms with Crippen LogP contribution in [0.4, 0.5) is 0 Å². The van der Waals surface area contributed by atoms with Gasteiger partial charge in [0, 0.05) is 17.6 Å². The predicted molar refractivity (Wildman–Crippen MR) is 97.6 cm³/mol. The smallest absolute Gasteiger partial charge is 0.266 e. The first-order valence-electron chi connectivity index (χ1n) is 7.68. The molecule has 1 heterocycles. The third kappa shape index (κ3) is 4.77. The van der Waals surface area contributed by atoms with Gasteiger partial charge in [-0.05, 0) is 31.1 Å². The average Bonchev–Trinajstić information content (AvgIpc) is 2.89. The highest BCUT2D eigenvalue weighted by Gasteiger charge is 2.37. The van der Waals surface area contributed by atoms with Gasteiger partial charge in [-0.3, -0.25) is 9.69 Å². The number of ether oxygens (including phenoxy) is 2. The molecule has 0 bridgehead atoms. The molecule has 1 saturated heterocycles. The van der Waals surface area contributed by atoms with Crippen LogP contribution in [0.5, 0.6) is 11.5 Å². The highest BCUT2D eigenvalue weighted by Crippen LogP contribution is 2.36. The molecule has 144 valence electrons. The number of benzene rings is 1. The summed E-state index contributed by atoms with van der Waals surface area (Å²) in [6, 6.07) is 3.50. The van der Waals surface area contributed by atoms with Crippen molar-refractivity contribution in [2.75, 3.05) is 14.2 Å². The molecule has 0 saturated carbocycles. The maximum atomic E-state index is 12.7. The Labute approximate surface area is 164 Å². The van der Waals surface area contributed by atoms with E-state index in [0.717, 1.165) is 16.7 Å². The van der Waals surface area contributed by atoms with Crippen molar-refractivity contribution in [3.63, 3.8) is 0 Å². The summed E-state index contributed by atoms with van der Waals surface area (Å²) in [4.78, 5) is 35.7. The second kappa shape index (κ2) is 8.87. The molecule has 10 heteroatoms. The van der Waals surface area contributed by atoms with Gasteiger partial charge in [-0.2, -0.15) is 0 Å². The SMILES string of the molecule is COc1ccc(/C=C2\SC(=S)N([C@@H](CCC(=O)[O-])C(=O)[O-])C2=O)c(OC)c1. The number of carbonyl (C=O) groups excluding carboxylic acids is 3. The predicted octanol–water partition coefficient (Wildman–Crippen LogP) is -0.446. The van der Waals surface area contributed by atoms with Crippen molar-refractivity contribution in [3.05, 3.63) is 28.7 Å². The summed E-state index contributed by atoms with van der Waals surface area (Å²) in [7, 11) is 2.97. The van der Waals surface area contributed by atoms with Crippen molar-refractivity contribution >= 4 is 52.2 Å². The van der Waals surface area contributed by atoms with E-state index >= 15 is 0 Å². The Hall–Kier alpha value is -2.59. The Kier molecular flexibility index (Phi) is 6.81. The fraction of sp³-hybridized carbons (Fsp3) is 0.294. The van der Waals surface area contributed by atoms with Gasteiger partial charge >= 0.3 is 0 Å². The zero-order chi connectivity index (χ0) is 20.1. The van der Waals surface area contributed by atoms with E-state index in [1.165, 1.54) is 20.3 Å². The summed E-state index contributed by atoms with van der Waals surface area (Å²) >= 11 is 6.02. The number of methoxy groups -OCH3 is 2. The number of carboxylic acids is 2. The molecule has 0 aliphatic carbocycles. The normalized spacial score (nSPS) is 16.5. The molecular formula is C17H15NO7S2-2. The van der Waals surface area contributed by atoms with Gasteiger partial charge in [0.25, 0.3) is 5.91 Å². The highest BCUT2D eigenvalue weighted by atomic mass is 32.2. The molecule has 1 atom stereocenters. The molecule has 0 aromatic heterocycles. The van der Waals surface area contributed by atoms with Crippen LogP contribution in [0.25, 0.3) is 6.08 Å². The summed E-state index contributed by atoms with van der Waals surface area (Å²) in [6.45, 7) is 0. The minimum absolute atomic E-state index is 0.00581. The van der Waals surface area contributed by atoms with Crippen LogP contribution in [0.15, 0.2) is 23.1 Å². The van der Waals surface area contributed by atoms with Crippen LogP contribution < -0.4 is 19.7 Å². The summed E-state index contributed by atoms with van der Waals surface area (Å²) in [5.74, 6) is -2.64. The third-order valence-electron chi connectivity index (χ3n) is 3.76. The fourth-order valence-corrected chi connectivity index (χ4v) is 3.78. The fourth-order valence-electron chi connectivity index (χ4n) is 2.43. The number of rotatable bonds is 8. The molecule has 8 nitrogen and oxygen atoms in total. The van der Waals surface area contributed by atoms with Crippen LogP contribution in [0.2, 0.25) is 0 Å². The highest BCUT2D eigenvalue weighted by molar-refractivity contribution is 8.26. The Morgan fingerprint density at radius 1 is 1.30 bits per heavy atom. The van der Waals surface area contributed by atoms with Crippen LogP contribution in [-0.2, 0) is 14.4 Å². The van der Waals surface area contributed by atoms with E-state index in [1.807, 2.05) is 0 Å². The van der Waals surface area contributed by atoms with Crippen molar-refractivity contribution in [1.29, 1.82) is 0 Å². The van der Waals surface area contributed by atoms with Gasteiger partial charge in [-0.1, -0.05) is 24.0 Å². The van der Waals surface area contributed by atoms with Crippen molar-refractivity contribution in [1.82, 2.24) is 4.90 Å². The number of thioether (sulfide) groups is 1. The summed E-state index contributed by atoms with van der Waals surface area (Å²) < 4.78 is 10.4. The number of carboxylic acid groups (broad SMARTS) is 2. The number of amides is 1. The monoisotopic (exact) mass is 409 g/mol. The number of thiocarbonyl (C=S) groups is 1. The van der Waals surface area contributed by atoms with Crippen molar-refractivity contribution < 1.29 is 34.1 Å². The van der Waals surface area contributed by atoms with Gasteiger partial charge in [0.2, 0.25) is 0 Å². The van der Waals surface area contributed by atoms with Gasteiger partial charge in [0.1, 0.15) is 15.8 Å². The van der Waals surface area contributed by atoms with E-state index in [9.17, 15) is 24.6 Å². The number of aliphatic carboxylic acids is 2. The molecule has 0 radical (unpaired) electrons. The molecular weight excluding hydrogens is 394 g/mol.